The van der Waals surface area contributed by atoms with Crippen molar-refractivity contribution in [2.24, 2.45) is 0 Å². The lowest BCUT2D eigenvalue weighted by atomic mass is 10.1. The van der Waals surface area contributed by atoms with Crippen LogP contribution in [0.1, 0.15) is 35.7 Å². The molecule has 2 aromatic heterocycles. The van der Waals surface area contributed by atoms with E-state index in [4.69, 9.17) is 0 Å². The predicted octanol–water partition coefficient (Wildman–Crippen LogP) is 4.74. The summed E-state index contributed by atoms with van der Waals surface area (Å²) in [4.78, 5) is 17.0. The van der Waals surface area contributed by atoms with Gasteiger partial charge >= 0.3 is 0 Å². The van der Waals surface area contributed by atoms with Crippen LogP contribution in [0.5, 0.6) is 0 Å². The van der Waals surface area contributed by atoms with Gasteiger partial charge in [-0.05, 0) is 50.2 Å². The largest absolute Gasteiger partial charge is 0.349 e. The second kappa shape index (κ2) is 8.13. The number of amides is 1. The van der Waals surface area contributed by atoms with Gasteiger partial charge < -0.3 is 5.32 Å². The molecule has 148 valence electrons. The third-order valence-electron chi connectivity index (χ3n) is 4.87. The number of carbonyl (C=O) groups is 1. The van der Waals surface area contributed by atoms with E-state index in [1.165, 1.54) is 12.1 Å². The Morgan fingerprint density at radius 3 is 2.72 bits per heavy atom. The first-order valence-corrected chi connectivity index (χ1v) is 10.3. The number of aromatic nitrogens is 3. The lowest BCUT2D eigenvalue weighted by Crippen LogP contribution is -2.27. The molecule has 1 amide bonds. The van der Waals surface area contributed by atoms with Crippen molar-refractivity contribution >= 4 is 27.5 Å². The maximum Gasteiger partial charge on any atom is 0.220 e. The highest BCUT2D eigenvalue weighted by Gasteiger charge is 2.17. The number of fused-ring (bicyclic) bond motifs is 1. The topological polar surface area (TPSA) is 59.8 Å². The average molecular weight is 409 g/mol. The van der Waals surface area contributed by atoms with E-state index in [2.05, 4.69) is 15.4 Å². The molecule has 4 rings (SSSR count). The molecule has 7 heteroatoms. The fourth-order valence-corrected chi connectivity index (χ4v) is 4.30. The lowest BCUT2D eigenvalue weighted by Gasteiger charge is -2.14. The van der Waals surface area contributed by atoms with Crippen LogP contribution in [-0.4, -0.2) is 20.7 Å². The van der Waals surface area contributed by atoms with Crippen molar-refractivity contribution in [3.05, 3.63) is 76.8 Å². The molecular formula is C22H21FN4OS. The van der Waals surface area contributed by atoms with Crippen LogP contribution in [0.2, 0.25) is 0 Å². The van der Waals surface area contributed by atoms with Gasteiger partial charge in [0.05, 0.1) is 33.2 Å². The van der Waals surface area contributed by atoms with Crippen LogP contribution < -0.4 is 5.32 Å². The maximum absolute atomic E-state index is 13.2. The van der Waals surface area contributed by atoms with E-state index < -0.39 is 0 Å². The Bertz CT molecular complexity index is 1120. The normalized spacial score (nSPS) is 12.2. The van der Waals surface area contributed by atoms with Crippen molar-refractivity contribution in [1.29, 1.82) is 0 Å². The SMILES string of the molecule is Cc1c([C@H](C)NC(=O)CCc2nc3ccccc3s2)cnn1-c1ccc(F)cc1. The van der Waals surface area contributed by atoms with Crippen LogP contribution in [0.4, 0.5) is 4.39 Å². The van der Waals surface area contributed by atoms with Crippen LogP contribution in [0, 0.1) is 12.7 Å². The number of hydrogen-bond acceptors (Lipinski definition) is 4. The highest BCUT2D eigenvalue weighted by molar-refractivity contribution is 7.18. The minimum atomic E-state index is -0.285. The van der Waals surface area contributed by atoms with E-state index in [-0.39, 0.29) is 17.8 Å². The predicted molar refractivity (Wildman–Crippen MR) is 113 cm³/mol. The molecule has 0 aliphatic carbocycles. The molecule has 0 aliphatic rings. The number of carbonyl (C=O) groups excluding carboxylic acids is 1. The minimum absolute atomic E-state index is 0.0225. The number of aryl methyl sites for hydroxylation is 1. The first kappa shape index (κ1) is 19.3. The Morgan fingerprint density at radius 2 is 1.97 bits per heavy atom. The van der Waals surface area contributed by atoms with Gasteiger partial charge in [0.15, 0.2) is 0 Å². The van der Waals surface area contributed by atoms with Crippen molar-refractivity contribution in [2.45, 2.75) is 32.7 Å². The van der Waals surface area contributed by atoms with Gasteiger partial charge in [-0.25, -0.2) is 14.1 Å². The van der Waals surface area contributed by atoms with E-state index in [0.717, 1.165) is 32.2 Å². The summed E-state index contributed by atoms with van der Waals surface area (Å²) < 4.78 is 16.0. The molecule has 0 saturated carbocycles. The van der Waals surface area contributed by atoms with E-state index in [0.29, 0.717) is 12.8 Å². The highest BCUT2D eigenvalue weighted by atomic mass is 32.1. The zero-order valence-corrected chi connectivity index (χ0v) is 17.0. The number of rotatable bonds is 6. The number of para-hydroxylation sites is 1. The summed E-state index contributed by atoms with van der Waals surface area (Å²) in [6, 6.07) is 14.0. The lowest BCUT2D eigenvalue weighted by molar-refractivity contribution is -0.121. The third kappa shape index (κ3) is 4.19. The summed E-state index contributed by atoms with van der Waals surface area (Å²) in [5.74, 6) is -0.307. The van der Waals surface area contributed by atoms with Crippen LogP contribution in [0.15, 0.2) is 54.7 Å². The molecule has 5 nitrogen and oxygen atoms in total. The smallest absolute Gasteiger partial charge is 0.220 e. The monoisotopic (exact) mass is 408 g/mol. The molecule has 29 heavy (non-hydrogen) atoms. The van der Waals surface area contributed by atoms with Gasteiger partial charge in [-0.15, -0.1) is 11.3 Å². The number of nitrogens with zero attached hydrogens (tertiary/aromatic N) is 3. The van der Waals surface area contributed by atoms with Crippen LogP contribution >= 0.6 is 11.3 Å². The molecule has 4 aromatic rings. The van der Waals surface area contributed by atoms with Crippen molar-refractivity contribution in [2.75, 3.05) is 0 Å². The molecule has 0 bridgehead atoms. The summed E-state index contributed by atoms with van der Waals surface area (Å²) in [5, 5.41) is 8.40. The number of halogens is 1. The van der Waals surface area contributed by atoms with Crippen LogP contribution in [-0.2, 0) is 11.2 Å². The van der Waals surface area contributed by atoms with Gasteiger partial charge in [0.2, 0.25) is 5.91 Å². The Balaban J connectivity index is 1.39. The minimum Gasteiger partial charge on any atom is -0.349 e. The molecule has 0 fully saturated rings. The number of hydrogen-bond donors (Lipinski definition) is 1. The summed E-state index contributed by atoms with van der Waals surface area (Å²) in [6.45, 7) is 3.88. The van der Waals surface area contributed by atoms with E-state index in [1.54, 1.807) is 34.3 Å². The quantitative estimate of drug-likeness (QED) is 0.501. The molecule has 0 unspecified atom stereocenters. The van der Waals surface area contributed by atoms with Gasteiger partial charge in [-0.3, -0.25) is 4.79 Å². The maximum atomic E-state index is 13.2. The molecule has 0 radical (unpaired) electrons. The molecule has 1 N–H and O–H groups in total. The zero-order chi connectivity index (χ0) is 20.4. The van der Waals surface area contributed by atoms with Crippen LogP contribution in [0.25, 0.3) is 15.9 Å². The van der Waals surface area contributed by atoms with E-state index >= 15 is 0 Å². The Hall–Kier alpha value is -3.06. The zero-order valence-electron chi connectivity index (χ0n) is 16.2. The number of benzene rings is 2. The van der Waals surface area contributed by atoms with Crippen molar-refractivity contribution in [3.63, 3.8) is 0 Å². The van der Waals surface area contributed by atoms with Gasteiger partial charge in [0.25, 0.3) is 0 Å². The molecule has 0 spiro atoms. The second-order valence-corrected chi connectivity index (χ2v) is 8.05. The molecule has 2 heterocycles. The third-order valence-corrected chi connectivity index (χ3v) is 5.96. The van der Waals surface area contributed by atoms with Crippen molar-refractivity contribution in [3.8, 4) is 5.69 Å². The Kier molecular flexibility index (Phi) is 5.40. The van der Waals surface area contributed by atoms with Gasteiger partial charge in [-0.1, -0.05) is 12.1 Å². The van der Waals surface area contributed by atoms with Crippen molar-refractivity contribution < 1.29 is 9.18 Å². The summed E-state index contributed by atoms with van der Waals surface area (Å²) in [5.41, 5.74) is 3.60. The van der Waals surface area contributed by atoms with E-state index in [1.807, 2.05) is 38.1 Å². The highest BCUT2D eigenvalue weighted by Crippen LogP contribution is 2.23. The summed E-state index contributed by atoms with van der Waals surface area (Å²) >= 11 is 1.63. The number of thiazole rings is 1. The Morgan fingerprint density at radius 1 is 1.21 bits per heavy atom. The van der Waals surface area contributed by atoms with Crippen molar-refractivity contribution in [1.82, 2.24) is 20.1 Å². The van der Waals surface area contributed by atoms with Gasteiger partial charge in [-0.2, -0.15) is 5.10 Å². The molecule has 1 atom stereocenters. The molecular weight excluding hydrogens is 387 g/mol. The fraction of sp³-hybridized carbons (Fsp3) is 0.227. The number of nitrogens with one attached hydrogen (secondary N) is 1. The van der Waals surface area contributed by atoms with Crippen LogP contribution in [0.3, 0.4) is 0 Å². The summed E-state index contributed by atoms with van der Waals surface area (Å²) in [6.07, 6.45) is 2.75. The standard InChI is InChI=1S/C22H21FN4OS/c1-14(18-13-24-27(15(18)2)17-9-7-16(23)8-10-17)25-21(28)11-12-22-26-19-5-3-4-6-20(19)29-22/h3-10,13-14H,11-12H2,1-2H3,(H,25,28)/t14-/m0/s1. The second-order valence-electron chi connectivity index (χ2n) is 6.94. The molecule has 2 aromatic carbocycles. The summed E-state index contributed by atoms with van der Waals surface area (Å²) in [7, 11) is 0. The van der Waals surface area contributed by atoms with Gasteiger partial charge in [0, 0.05) is 24.1 Å². The van der Waals surface area contributed by atoms with Gasteiger partial charge in [0.1, 0.15) is 5.82 Å². The average Bonchev–Trinajstić information content (AvgIpc) is 3.30. The first-order chi connectivity index (χ1) is 14.0. The first-order valence-electron chi connectivity index (χ1n) is 9.45. The Labute approximate surface area is 172 Å². The fourth-order valence-electron chi connectivity index (χ4n) is 3.33. The molecule has 0 saturated heterocycles. The van der Waals surface area contributed by atoms with E-state index in [9.17, 15) is 9.18 Å². The molecule has 0 aliphatic heterocycles.